The Kier molecular flexibility index (Phi) is 2.14. The van der Waals surface area contributed by atoms with Crippen LogP contribution in [0.5, 0.6) is 0 Å². The third-order valence-electron chi connectivity index (χ3n) is 0.796. The predicted molar refractivity (Wildman–Crippen MR) is 21.2 cm³/mol. The van der Waals surface area contributed by atoms with Gasteiger partial charge in [0.25, 0.3) is 0 Å². The first-order valence-corrected chi connectivity index (χ1v) is 2.15. The zero-order valence-corrected chi connectivity index (χ0v) is 4.79. The third-order valence-corrected chi connectivity index (χ3v) is 0.796. The zero-order valence-electron chi connectivity index (χ0n) is 4.79. The van der Waals surface area contributed by atoms with Crippen molar-refractivity contribution in [1.29, 1.82) is 0 Å². The van der Waals surface area contributed by atoms with E-state index in [-0.39, 0.29) is 0 Å². The maximum Gasteiger partial charge on any atom is 0.424 e. The molecular formula is C3H3F6NO. The van der Waals surface area contributed by atoms with Gasteiger partial charge in [-0.15, -0.1) is 0 Å². The minimum absolute atomic E-state index is 3.38. The van der Waals surface area contributed by atoms with Crippen molar-refractivity contribution < 1.29 is 31.4 Å². The molecular weight excluding hydrogens is 180 g/mol. The van der Waals surface area contributed by atoms with Crippen LogP contribution in [0.2, 0.25) is 0 Å². The molecule has 0 aliphatic carbocycles. The van der Waals surface area contributed by atoms with Crippen molar-refractivity contribution in [3.63, 3.8) is 0 Å². The van der Waals surface area contributed by atoms with Crippen molar-refractivity contribution in [1.82, 2.24) is 0 Å². The molecule has 2 nitrogen and oxygen atoms in total. The van der Waals surface area contributed by atoms with Gasteiger partial charge in [0.2, 0.25) is 0 Å². The summed E-state index contributed by atoms with van der Waals surface area (Å²) in [6.07, 6.45) is -5.83. The Labute approximate surface area is 56.6 Å². The van der Waals surface area contributed by atoms with Gasteiger partial charge in [0.15, 0.2) is 0 Å². The van der Waals surface area contributed by atoms with E-state index in [0.29, 0.717) is 0 Å². The SMILES string of the molecule is NC(F)(F)C(F)(F)C(O)(F)F. The maximum atomic E-state index is 11.6. The van der Waals surface area contributed by atoms with Gasteiger partial charge in [-0.1, -0.05) is 0 Å². The van der Waals surface area contributed by atoms with E-state index in [4.69, 9.17) is 5.11 Å². The molecule has 0 aliphatic heterocycles. The Morgan fingerprint density at radius 2 is 1.18 bits per heavy atom. The molecule has 0 fully saturated rings. The second kappa shape index (κ2) is 2.24. The molecule has 0 atom stereocenters. The minimum Gasteiger partial charge on any atom is -0.331 e. The molecule has 11 heavy (non-hydrogen) atoms. The molecule has 0 radical (unpaired) electrons. The lowest BCUT2D eigenvalue weighted by Gasteiger charge is -2.25. The van der Waals surface area contributed by atoms with Crippen molar-refractivity contribution in [3.05, 3.63) is 0 Å². The zero-order chi connectivity index (χ0) is 9.50. The Balaban J connectivity index is 4.75. The standard InChI is InChI=1S/C3H3F6NO/c4-1(5,2(6,7)10)3(8,9)11/h11H,10H2. The number of alkyl halides is 6. The van der Waals surface area contributed by atoms with E-state index in [1.165, 1.54) is 0 Å². The van der Waals surface area contributed by atoms with E-state index in [1.807, 2.05) is 0 Å². The normalized spacial score (nSPS) is 15.3. The Hall–Kier alpha value is -0.500. The van der Waals surface area contributed by atoms with Crippen LogP contribution in [0.1, 0.15) is 0 Å². The lowest BCUT2D eigenvalue weighted by atomic mass is 10.3. The van der Waals surface area contributed by atoms with Crippen molar-refractivity contribution in [2.45, 2.75) is 18.1 Å². The second-order valence-corrected chi connectivity index (χ2v) is 1.74. The molecule has 0 aromatic heterocycles. The van der Waals surface area contributed by atoms with Crippen LogP contribution in [0.15, 0.2) is 0 Å². The quantitative estimate of drug-likeness (QED) is 0.490. The number of nitrogens with two attached hydrogens (primary N) is 1. The van der Waals surface area contributed by atoms with Gasteiger partial charge in [-0.05, 0) is 0 Å². The summed E-state index contributed by atoms with van der Waals surface area (Å²) in [5.74, 6) is -5.96. The molecule has 8 heteroatoms. The lowest BCUT2D eigenvalue weighted by Crippen LogP contribution is -2.58. The number of hydrogen-bond donors (Lipinski definition) is 2. The molecule has 0 spiro atoms. The fraction of sp³-hybridized carbons (Fsp3) is 1.00. The highest BCUT2D eigenvalue weighted by Gasteiger charge is 2.70. The molecule has 0 aromatic carbocycles. The van der Waals surface area contributed by atoms with Crippen molar-refractivity contribution in [3.8, 4) is 0 Å². The fourth-order valence-electron chi connectivity index (χ4n) is 0.201. The Bertz CT molecular complexity index is 129. The van der Waals surface area contributed by atoms with Gasteiger partial charge >= 0.3 is 18.1 Å². The van der Waals surface area contributed by atoms with E-state index < -0.39 is 18.1 Å². The first-order chi connectivity index (χ1) is 4.50. The van der Waals surface area contributed by atoms with Crippen LogP contribution in [0.4, 0.5) is 26.3 Å². The molecule has 0 unspecified atom stereocenters. The van der Waals surface area contributed by atoms with Gasteiger partial charge in [-0.3, -0.25) is 5.73 Å². The van der Waals surface area contributed by atoms with Crippen LogP contribution >= 0.6 is 0 Å². The largest absolute Gasteiger partial charge is 0.424 e. The minimum atomic E-state index is -5.96. The highest BCUT2D eigenvalue weighted by Crippen LogP contribution is 2.40. The van der Waals surface area contributed by atoms with Gasteiger partial charge in [0, 0.05) is 0 Å². The average Bonchev–Trinajstić information content (AvgIpc) is 1.58. The molecule has 0 bridgehead atoms. The third kappa shape index (κ3) is 1.74. The lowest BCUT2D eigenvalue weighted by molar-refractivity contribution is -0.382. The van der Waals surface area contributed by atoms with Gasteiger partial charge in [-0.2, -0.15) is 26.3 Å². The van der Waals surface area contributed by atoms with Crippen LogP contribution in [-0.4, -0.2) is 23.2 Å². The Morgan fingerprint density at radius 1 is 0.909 bits per heavy atom. The molecule has 0 heterocycles. The van der Waals surface area contributed by atoms with Crippen molar-refractivity contribution in [2.24, 2.45) is 5.73 Å². The summed E-state index contributed by atoms with van der Waals surface area (Å²) < 4.78 is 68.4. The van der Waals surface area contributed by atoms with Crippen LogP contribution in [0, 0.1) is 0 Å². The Morgan fingerprint density at radius 3 is 1.18 bits per heavy atom. The number of aliphatic hydroxyl groups is 1. The van der Waals surface area contributed by atoms with Gasteiger partial charge in [-0.25, -0.2) is 0 Å². The number of halogens is 6. The first-order valence-electron chi connectivity index (χ1n) is 2.15. The highest BCUT2D eigenvalue weighted by atomic mass is 19.3. The van der Waals surface area contributed by atoms with Crippen LogP contribution in [-0.2, 0) is 0 Å². The van der Waals surface area contributed by atoms with Crippen LogP contribution < -0.4 is 5.73 Å². The molecule has 0 saturated heterocycles. The smallest absolute Gasteiger partial charge is 0.331 e. The summed E-state index contributed by atoms with van der Waals surface area (Å²) in [4.78, 5) is 0. The molecule has 0 aliphatic rings. The molecule has 0 aromatic rings. The predicted octanol–water partition coefficient (Wildman–Crippen LogP) is 0.758. The molecule has 0 amide bonds. The summed E-state index contributed by atoms with van der Waals surface area (Å²) in [5.41, 5.74) is 3.38. The van der Waals surface area contributed by atoms with E-state index >= 15 is 0 Å². The van der Waals surface area contributed by atoms with Gasteiger partial charge in [0.05, 0.1) is 0 Å². The topological polar surface area (TPSA) is 46.2 Å². The van der Waals surface area contributed by atoms with E-state index in [1.54, 1.807) is 0 Å². The fourth-order valence-corrected chi connectivity index (χ4v) is 0.201. The summed E-state index contributed by atoms with van der Waals surface area (Å²) in [5, 5.41) is 7.24. The second-order valence-electron chi connectivity index (χ2n) is 1.74. The molecule has 0 rings (SSSR count). The van der Waals surface area contributed by atoms with Crippen molar-refractivity contribution in [2.75, 3.05) is 0 Å². The maximum absolute atomic E-state index is 11.6. The monoisotopic (exact) mass is 183 g/mol. The van der Waals surface area contributed by atoms with Crippen LogP contribution in [0.25, 0.3) is 0 Å². The van der Waals surface area contributed by atoms with Crippen molar-refractivity contribution >= 4 is 0 Å². The first kappa shape index (κ1) is 10.5. The van der Waals surface area contributed by atoms with Crippen LogP contribution in [0.3, 0.4) is 0 Å². The summed E-state index contributed by atoms with van der Waals surface area (Å²) >= 11 is 0. The molecule has 68 valence electrons. The number of hydrogen-bond acceptors (Lipinski definition) is 2. The molecule has 3 N–H and O–H groups in total. The summed E-state index contributed by atoms with van der Waals surface area (Å²) in [6.45, 7) is 0. The van der Waals surface area contributed by atoms with E-state index in [0.717, 1.165) is 0 Å². The summed E-state index contributed by atoms with van der Waals surface area (Å²) in [7, 11) is 0. The van der Waals surface area contributed by atoms with E-state index in [9.17, 15) is 26.3 Å². The van der Waals surface area contributed by atoms with E-state index in [2.05, 4.69) is 5.73 Å². The number of rotatable bonds is 2. The van der Waals surface area contributed by atoms with Gasteiger partial charge in [0.1, 0.15) is 0 Å². The summed E-state index contributed by atoms with van der Waals surface area (Å²) in [6, 6.07) is -5.45. The molecule has 0 saturated carbocycles. The average molecular weight is 183 g/mol. The van der Waals surface area contributed by atoms with Gasteiger partial charge < -0.3 is 5.11 Å². The highest BCUT2D eigenvalue weighted by molar-refractivity contribution is 4.85.